The molecule has 0 aliphatic heterocycles. The third-order valence-electron chi connectivity index (χ3n) is 3.01. The van der Waals surface area contributed by atoms with Crippen molar-refractivity contribution in [1.82, 2.24) is 14.9 Å². The molecule has 9 heteroatoms. The predicted molar refractivity (Wildman–Crippen MR) is 88.5 cm³/mol. The Morgan fingerprint density at radius 2 is 2.30 bits per heavy atom. The summed E-state index contributed by atoms with van der Waals surface area (Å²) >= 11 is 7.66. The lowest BCUT2D eigenvalue weighted by Crippen LogP contribution is -2.02. The zero-order chi connectivity index (χ0) is 16.2. The standard InChI is InChI=1S/C14H13ClN4O3S/c1-16-23-12-5-9(13-18-14(20)22-19-13)11(6-10(12)15)17-7-8-3-2-4-21-8/h2-6,16-17H,7H2,1H3,(H,18,19,20). The fourth-order valence-electron chi connectivity index (χ4n) is 2.03. The summed E-state index contributed by atoms with van der Waals surface area (Å²) in [6.07, 6.45) is 1.60. The van der Waals surface area contributed by atoms with Gasteiger partial charge in [0.25, 0.3) is 0 Å². The molecule has 0 saturated heterocycles. The number of hydrogen-bond acceptors (Lipinski definition) is 7. The van der Waals surface area contributed by atoms with Crippen LogP contribution in [0.2, 0.25) is 5.02 Å². The van der Waals surface area contributed by atoms with Crippen molar-refractivity contribution < 1.29 is 8.94 Å². The molecule has 0 saturated carbocycles. The van der Waals surface area contributed by atoms with Gasteiger partial charge in [0.15, 0.2) is 5.82 Å². The van der Waals surface area contributed by atoms with Crippen molar-refractivity contribution in [3.8, 4) is 11.4 Å². The molecule has 23 heavy (non-hydrogen) atoms. The average molecular weight is 353 g/mol. The summed E-state index contributed by atoms with van der Waals surface area (Å²) in [5.41, 5.74) is 1.38. The van der Waals surface area contributed by atoms with Gasteiger partial charge in [0.2, 0.25) is 0 Å². The second-order valence-electron chi connectivity index (χ2n) is 4.51. The smallest absolute Gasteiger partial charge is 0.439 e. The van der Waals surface area contributed by atoms with Gasteiger partial charge in [0.1, 0.15) is 5.76 Å². The Morgan fingerprint density at radius 3 is 2.96 bits per heavy atom. The minimum absolute atomic E-state index is 0.326. The fourth-order valence-corrected chi connectivity index (χ4v) is 2.86. The Morgan fingerprint density at radius 1 is 1.43 bits per heavy atom. The highest BCUT2D eigenvalue weighted by Crippen LogP contribution is 2.35. The van der Waals surface area contributed by atoms with Crippen LogP contribution in [-0.4, -0.2) is 17.2 Å². The van der Waals surface area contributed by atoms with E-state index in [1.54, 1.807) is 19.4 Å². The number of nitrogens with zero attached hydrogens (tertiary/aromatic N) is 1. The van der Waals surface area contributed by atoms with E-state index in [4.69, 9.17) is 16.0 Å². The lowest BCUT2D eigenvalue weighted by atomic mass is 10.1. The number of benzene rings is 1. The van der Waals surface area contributed by atoms with Crippen molar-refractivity contribution in [2.24, 2.45) is 0 Å². The molecule has 3 rings (SSSR count). The normalized spacial score (nSPS) is 10.9. The number of anilines is 1. The largest absolute Gasteiger partial charge is 0.467 e. The van der Waals surface area contributed by atoms with Gasteiger partial charge < -0.3 is 9.73 Å². The summed E-state index contributed by atoms with van der Waals surface area (Å²) in [5, 5.41) is 7.54. The second kappa shape index (κ2) is 6.95. The predicted octanol–water partition coefficient (Wildman–Crippen LogP) is 3.11. The van der Waals surface area contributed by atoms with Gasteiger partial charge in [0.05, 0.1) is 17.8 Å². The number of halogens is 1. The highest BCUT2D eigenvalue weighted by molar-refractivity contribution is 7.97. The lowest BCUT2D eigenvalue weighted by Gasteiger charge is -2.12. The van der Waals surface area contributed by atoms with E-state index in [0.717, 1.165) is 10.7 Å². The Labute approximate surface area is 140 Å². The molecule has 1 aromatic carbocycles. The third kappa shape index (κ3) is 3.61. The molecule has 7 nitrogen and oxygen atoms in total. The van der Waals surface area contributed by atoms with Crippen molar-refractivity contribution in [1.29, 1.82) is 0 Å². The molecule has 120 valence electrons. The summed E-state index contributed by atoms with van der Waals surface area (Å²) in [6.45, 7) is 0.469. The van der Waals surface area contributed by atoms with Gasteiger partial charge in [-0.3, -0.25) is 14.2 Å². The van der Waals surface area contributed by atoms with E-state index in [1.807, 2.05) is 18.2 Å². The van der Waals surface area contributed by atoms with E-state index in [0.29, 0.717) is 28.6 Å². The molecule has 0 aliphatic carbocycles. The minimum atomic E-state index is -0.616. The number of nitrogens with one attached hydrogen (secondary N) is 3. The maximum absolute atomic E-state index is 11.2. The molecule has 0 bridgehead atoms. The van der Waals surface area contributed by atoms with E-state index in [-0.39, 0.29) is 0 Å². The third-order valence-corrected chi connectivity index (χ3v) is 4.20. The van der Waals surface area contributed by atoms with Gasteiger partial charge in [-0.25, -0.2) is 4.79 Å². The van der Waals surface area contributed by atoms with Crippen LogP contribution in [0.1, 0.15) is 5.76 Å². The van der Waals surface area contributed by atoms with Crippen LogP contribution in [0.5, 0.6) is 0 Å². The van der Waals surface area contributed by atoms with Gasteiger partial charge in [0, 0.05) is 16.1 Å². The Hall–Kier alpha value is -2.16. The van der Waals surface area contributed by atoms with Crippen LogP contribution in [0.25, 0.3) is 11.4 Å². The Kier molecular flexibility index (Phi) is 4.75. The number of H-pyrrole nitrogens is 1. The maximum Gasteiger partial charge on any atom is 0.439 e. The van der Waals surface area contributed by atoms with Crippen LogP contribution in [-0.2, 0) is 6.54 Å². The van der Waals surface area contributed by atoms with Gasteiger partial charge in [-0.1, -0.05) is 16.8 Å². The molecule has 0 unspecified atom stereocenters. The Bertz CT molecular complexity index is 844. The first-order valence-electron chi connectivity index (χ1n) is 6.67. The van der Waals surface area contributed by atoms with E-state index < -0.39 is 5.76 Å². The Balaban J connectivity index is 1.98. The summed E-state index contributed by atoms with van der Waals surface area (Å²) in [4.78, 5) is 14.6. The van der Waals surface area contributed by atoms with Gasteiger partial charge in [-0.2, -0.15) is 0 Å². The van der Waals surface area contributed by atoms with Crippen LogP contribution in [0.3, 0.4) is 0 Å². The van der Waals surface area contributed by atoms with E-state index in [2.05, 4.69) is 24.7 Å². The number of furan rings is 1. The van der Waals surface area contributed by atoms with Crippen LogP contribution in [0.15, 0.2) is 49.2 Å². The molecular weight excluding hydrogens is 340 g/mol. The zero-order valence-corrected chi connectivity index (χ0v) is 13.6. The van der Waals surface area contributed by atoms with Crippen molar-refractivity contribution in [3.63, 3.8) is 0 Å². The molecule has 3 N–H and O–H groups in total. The van der Waals surface area contributed by atoms with Gasteiger partial charge in [-0.15, -0.1) is 0 Å². The summed E-state index contributed by atoms with van der Waals surface area (Å²) in [6, 6.07) is 7.26. The highest BCUT2D eigenvalue weighted by Gasteiger charge is 2.15. The first-order chi connectivity index (χ1) is 11.2. The summed E-state index contributed by atoms with van der Waals surface area (Å²) < 4.78 is 12.9. The van der Waals surface area contributed by atoms with Crippen LogP contribution >= 0.6 is 23.5 Å². The van der Waals surface area contributed by atoms with Crippen LogP contribution in [0.4, 0.5) is 5.69 Å². The summed E-state index contributed by atoms with van der Waals surface area (Å²) in [5.74, 6) is 0.482. The van der Waals surface area contributed by atoms with Gasteiger partial charge in [-0.05, 0) is 43.3 Å². The molecule has 0 spiro atoms. The SMILES string of the molecule is CNSc1cc(-c2noc(=O)[nH]2)c(NCc2ccco2)cc1Cl. The molecule has 0 radical (unpaired) electrons. The molecule has 0 fully saturated rings. The van der Waals surface area contributed by atoms with Crippen LogP contribution < -0.4 is 15.8 Å². The van der Waals surface area contributed by atoms with Gasteiger partial charge >= 0.3 is 5.76 Å². The quantitative estimate of drug-likeness (QED) is 0.586. The van der Waals surface area contributed by atoms with Crippen molar-refractivity contribution in [3.05, 3.63) is 51.9 Å². The number of rotatable bonds is 6. The molecule has 0 atom stereocenters. The van der Waals surface area contributed by atoms with Crippen molar-refractivity contribution in [2.75, 3.05) is 12.4 Å². The van der Waals surface area contributed by atoms with Crippen molar-refractivity contribution in [2.45, 2.75) is 11.4 Å². The molecule has 3 aromatic rings. The highest BCUT2D eigenvalue weighted by atomic mass is 35.5. The number of hydrogen-bond donors (Lipinski definition) is 3. The topological polar surface area (TPSA) is 96.1 Å². The lowest BCUT2D eigenvalue weighted by molar-refractivity contribution is 0.388. The molecule has 2 aromatic heterocycles. The fraction of sp³-hybridized carbons (Fsp3) is 0.143. The second-order valence-corrected chi connectivity index (χ2v) is 5.97. The van der Waals surface area contributed by atoms with E-state index in [9.17, 15) is 4.79 Å². The van der Waals surface area contributed by atoms with Crippen molar-refractivity contribution >= 4 is 29.2 Å². The van der Waals surface area contributed by atoms with E-state index in [1.165, 1.54) is 11.9 Å². The van der Waals surface area contributed by atoms with E-state index >= 15 is 0 Å². The molecule has 0 amide bonds. The average Bonchev–Trinajstić information content (AvgIpc) is 3.19. The maximum atomic E-state index is 11.2. The summed E-state index contributed by atoms with van der Waals surface area (Å²) in [7, 11) is 1.79. The first kappa shape index (κ1) is 15.7. The molecule has 0 aliphatic rings. The molecular formula is C14H13ClN4O3S. The number of aromatic amines is 1. The van der Waals surface area contributed by atoms with Crippen LogP contribution in [0, 0.1) is 0 Å². The monoisotopic (exact) mass is 352 g/mol. The minimum Gasteiger partial charge on any atom is -0.467 e. The first-order valence-corrected chi connectivity index (χ1v) is 7.86. The number of aromatic nitrogens is 2. The molecule has 2 heterocycles. The zero-order valence-electron chi connectivity index (χ0n) is 12.1.